The molecule has 1 N–H and O–H groups in total. The lowest BCUT2D eigenvalue weighted by atomic mass is 10.2. The Morgan fingerprint density at radius 2 is 2.00 bits per heavy atom. The first-order valence-corrected chi connectivity index (χ1v) is 10.6. The van der Waals surface area contributed by atoms with Crippen LogP contribution in [0.3, 0.4) is 0 Å². The maximum absolute atomic E-state index is 12.4. The normalized spacial score (nSPS) is 12.6. The van der Waals surface area contributed by atoms with Gasteiger partial charge in [-0.05, 0) is 37.0 Å². The van der Waals surface area contributed by atoms with E-state index in [1.54, 1.807) is 0 Å². The van der Waals surface area contributed by atoms with E-state index in [1.165, 1.54) is 11.8 Å². The van der Waals surface area contributed by atoms with Crippen molar-refractivity contribution in [2.45, 2.75) is 37.1 Å². The number of nitrogens with one attached hydrogen (secondary N) is 1. The van der Waals surface area contributed by atoms with Crippen LogP contribution in [-0.2, 0) is 19.6 Å². The van der Waals surface area contributed by atoms with Crippen molar-refractivity contribution in [1.82, 2.24) is 4.72 Å². The lowest BCUT2D eigenvalue weighted by molar-refractivity contribution is -0.384. The Labute approximate surface area is 151 Å². The number of sulfonamides is 1. The monoisotopic (exact) mass is 390 g/mol. The van der Waals surface area contributed by atoms with Gasteiger partial charge in [-0.3, -0.25) is 14.9 Å². The fourth-order valence-corrected chi connectivity index (χ4v) is 3.57. The molecular weight excluding hydrogens is 368 g/mol. The summed E-state index contributed by atoms with van der Waals surface area (Å²) in [5.41, 5.74) is -0.211. The SMILES string of the molecule is CCCCOC(=O)[C@@H](CCSC)NS(=O)(=O)c1ccc([N+](=O)[O-])cc1. The van der Waals surface area contributed by atoms with Gasteiger partial charge in [-0.2, -0.15) is 16.5 Å². The standard InChI is InChI=1S/C15H22N2O6S2/c1-3-4-10-23-15(18)14(9-11-24-2)16-25(21,22)13-7-5-12(6-8-13)17(19)20/h5-8,14,16H,3-4,9-11H2,1-2H3/t14-/m1/s1. The van der Waals surface area contributed by atoms with E-state index in [9.17, 15) is 23.3 Å². The van der Waals surface area contributed by atoms with E-state index < -0.39 is 27.0 Å². The summed E-state index contributed by atoms with van der Waals surface area (Å²) in [6.07, 6.45) is 3.70. The van der Waals surface area contributed by atoms with Gasteiger partial charge in [0.05, 0.1) is 16.4 Å². The summed E-state index contributed by atoms with van der Waals surface area (Å²) >= 11 is 1.49. The molecule has 0 aliphatic heterocycles. The molecule has 0 saturated heterocycles. The molecule has 0 amide bonds. The Kier molecular flexibility index (Phi) is 8.87. The van der Waals surface area contributed by atoms with Gasteiger partial charge in [0.1, 0.15) is 6.04 Å². The second kappa shape index (κ2) is 10.4. The molecule has 140 valence electrons. The van der Waals surface area contributed by atoms with E-state index in [0.717, 1.165) is 30.7 Å². The van der Waals surface area contributed by atoms with E-state index in [0.29, 0.717) is 18.6 Å². The highest BCUT2D eigenvalue weighted by Gasteiger charge is 2.27. The number of thioether (sulfide) groups is 1. The second-order valence-corrected chi connectivity index (χ2v) is 7.93. The molecule has 0 aromatic heterocycles. The molecule has 8 nitrogen and oxygen atoms in total. The quantitative estimate of drug-likeness (QED) is 0.267. The molecule has 0 saturated carbocycles. The van der Waals surface area contributed by atoms with Gasteiger partial charge in [0.25, 0.3) is 5.69 Å². The van der Waals surface area contributed by atoms with E-state index in [4.69, 9.17) is 4.74 Å². The Bertz CT molecular complexity index is 676. The highest BCUT2D eigenvalue weighted by atomic mass is 32.2. The summed E-state index contributed by atoms with van der Waals surface area (Å²) in [5, 5.41) is 10.6. The Balaban J connectivity index is 2.88. The lowest BCUT2D eigenvalue weighted by Crippen LogP contribution is -2.42. The van der Waals surface area contributed by atoms with Crippen molar-refractivity contribution in [2.75, 3.05) is 18.6 Å². The van der Waals surface area contributed by atoms with Gasteiger partial charge >= 0.3 is 5.97 Å². The molecule has 1 rings (SSSR count). The number of ether oxygens (including phenoxy) is 1. The minimum atomic E-state index is -3.99. The van der Waals surface area contributed by atoms with Crippen molar-refractivity contribution in [3.05, 3.63) is 34.4 Å². The maximum atomic E-state index is 12.4. The van der Waals surface area contributed by atoms with Crippen LogP contribution in [0.1, 0.15) is 26.2 Å². The zero-order valence-electron chi connectivity index (χ0n) is 14.1. The molecule has 1 atom stereocenters. The minimum Gasteiger partial charge on any atom is -0.465 e. The number of unbranched alkanes of at least 4 members (excludes halogenated alkanes) is 1. The van der Waals surface area contributed by atoms with E-state index in [2.05, 4.69) is 4.72 Å². The number of hydrogen-bond acceptors (Lipinski definition) is 7. The Morgan fingerprint density at radius 1 is 1.36 bits per heavy atom. The van der Waals surface area contributed by atoms with Gasteiger partial charge in [-0.25, -0.2) is 8.42 Å². The average Bonchev–Trinajstić information content (AvgIpc) is 2.58. The number of esters is 1. The predicted octanol–water partition coefficient (Wildman–Crippen LogP) is 2.34. The number of carbonyl (C=O) groups is 1. The fourth-order valence-electron chi connectivity index (χ4n) is 1.88. The topological polar surface area (TPSA) is 116 Å². The molecular formula is C15H22N2O6S2. The van der Waals surface area contributed by atoms with Crippen LogP contribution in [0.2, 0.25) is 0 Å². The highest BCUT2D eigenvalue weighted by Crippen LogP contribution is 2.17. The molecule has 0 fully saturated rings. The highest BCUT2D eigenvalue weighted by molar-refractivity contribution is 7.98. The van der Waals surface area contributed by atoms with Crippen LogP contribution in [0.15, 0.2) is 29.2 Å². The summed E-state index contributed by atoms with van der Waals surface area (Å²) < 4.78 is 32.3. The van der Waals surface area contributed by atoms with Crippen LogP contribution in [0.5, 0.6) is 0 Å². The predicted molar refractivity (Wildman–Crippen MR) is 96.1 cm³/mol. The first-order valence-electron chi connectivity index (χ1n) is 7.74. The number of nitro benzene ring substituents is 1. The number of nitrogens with zero attached hydrogens (tertiary/aromatic N) is 1. The summed E-state index contributed by atoms with van der Waals surface area (Å²) in [5.74, 6) is -0.0379. The summed E-state index contributed by atoms with van der Waals surface area (Å²) in [6.45, 7) is 2.20. The van der Waals surface area contributed by atoms with Crippen molar-refractivity contribution < 1.29 is 22.9 Å². The van der Waals surface area contributed by atoms with E-state index in [1.807, 2.05) is 13.2 Å². The van der Waals surface area contributed by atoms with Crippen LogP contribution in [-0.4, -0.2) is 44.0 Å². The van der Waals surface area contributed by atoms with Crippen molar-refractivity contribution in [3.8, 4) is 0 Å². The molecule has 0 aliphatic rings. The number of nitro groups is 1. The average molecular weight is 390 g/mol. The molecule has 0 unspecified atom stereocenters. The van der Waals surface area contributed by atoms with Gasteiger partial charge in [0.15, 0.2) is 0 Å². The van der Waals surface area contributed by atoms with Crippen molar-refractivity contribution in [1.29, 1.82) is 0 Å². The Morgan fingerprint density at radius 3 is 2.52 bits per heavy atom. The largest absolute Gasteiger partial charge is 0.465 e. The lowest BCUT2D eigenvalue weighted by Gasteiger charge is -2.17. The minimum absolute atomic E-state index is 0.145. The molecule has 0 spiro atoms. The molecule has 0 radical (unpaired) electrons. The second-order valence-electron chi connectivity index (χ2n) is 5.23. The number of carbonyl (C=O) groups excluding carboxylic acids is 1. The number of benzene rings is 1. The fraction of sp³-hybridized carbons (Fsp3) is 0.533. The van der Waals surface area contributed by atoms with Crippen LogP contribution in [0, 0.1) is 10.1 Å². The van der Waals surface area contributed by atoms with Crippen LogP contribution < -0.4 is 4.72 Å². The summed E-state index contributed by atoms with van der Waals surface area (Å²) in [6, 6.07) is 3.48. The number of non-ortho nitro benzene ring substituents is 1. The van der Waals surface area contributed by atoms with E-state index >= 15 is 0 Å². The maximum Gasteiger partial charge on any atom is 0.324 e. The van der Waals surface area contributed by atoms with E-state index in [-0.39, 0.29) is 17.2 Å². The van der Waals surface area contributed by atoms with Crippen LogP contribution in [0.4, 0.5) is 5.69 Å². The summed E-state index contributed by atoms with van der Waals surface area (Å²) in [7, 11) is -3.99. The van der Waals surface area contributed by atoms with Gasteiger partial charge in [0.2, 0.25) is 10.0 Å². The molecule has 0 aliphatic carbocycles. The zero-order chi connectivity index (χ0) is 18.9. The number of hydrogen-bond donors (Lipinski definition) is 1. The first-order chi connectivity index (χ1) is 11.8. The molecule has 10 heteroatoms. The van der Waals surface area contributed by atoms with Gasteiger partial charge in [0, 0.05) is 12.1 Å². The van der Waals surface area contributed by atoms with Gasteiger partial charge < -0.3 is 4.74 Å². The zero-order valence-corrected chi connectivity index (χ0v) is 15.8. The van der Waals surface area contributed by atoms with Crippen LogP contribution in [0.25, 0.3) is 0 Å². The smallest absolute Gasteiger partial charge is 0.324 e. The third-order valence-electron chi connectivity index (χ3n) is 3.29. The molecule has 25 heavy (non-hydrogen) atoms. The van der Waals surface area contributed by atoms with Crippen molar-refractivity contribution in [3.63, 3.8) is 0 Å². The molecule has 0 heterocycles. The molecule has 0 bridgehead atoms. The van der Waals surface area contributed by atoms with Crippen LogP contribution >= 0.6 is 11.8 Å². The molecule has 1 aromatic carbocycles. The molecule has 1 aromatic rings. The van der Waals surface area contributed by atoms with Gasteiger partial charge in [-0.1, -0.05) is 13.3 Å². The Hall–Kier alpha value is -1.65. The van der Waals surface area contributed by atoms with Crippen molar-refractivity contribution >= 4 is 33.4 Å². The summed E-state index contributed by atoms with van der Waals surface area (Å²) in [4.78, 5) is 22.0. The third-order valence-corrected chi connectivity index (χ3v) is 5.42. The van der Waals surface area contributed by atoms with Gasteiger partial charge in [-0.15, -0.1) is 0 Å². The van der Waals surface area contributed by atoms with Crippen molar-refractivity contribution in [2.24, 2.45) is 0 Å². The first kappa shape index (κ1) is 21.4. The number of rotatable bonds is 11. The third kappa shape index (κ3) is 7.00.